The number of piperazine rings is 1. The molecule has 3 heterocycles. The lowest BCUT2D eigenvalue weighted by molar-refractivity contribution is -0.137. The van der Waals surface area contributed by atoms with E-state index in [2.05, 4.69) is 77.1 Å². The molecule has 3 aromatic rings. The van der Waals surface area contributed by atoms with Gasteiger partial charge in [0.1, 0.15) is 5.82 Å². The summed E-state index contributed by atoms with van der Waals surface area (Å²) in [5.41, 5.74) is 2.80. The van der Waals surface area contributed by atoms with Crippen LogP contribution < -0.4 is 10.2 Å². The number of thiophene rings is 1. The molecule has 200 valence electrons. The normalized spacial score (nSPS) is 25.2. The van der Waals surface area contributed by atoms with Gasteiger partial charge in [-0.2, -0.15) is 11.3 Å². The van der Waals surface area contributed by atoms with Crippen molar-refractivity contribution in [3.05, 3.63) is 80.0 Å². The van der Waals surface area contributed by atoms with E-state index in [0.29, 0.717) is 17.0 Å². The van der Waals surface area contributed by atoms with Gasteiger partial charge < -0.3 is 15.1 Å². The molecule has 38 heavy (non-hydrogen) atoms. The van der Waals surface area contributed by atoms with Crippen molar-refractivity contribution in [1.82, 2.24) is 15.2 Å². The lowest BCUT2D eigenvalue weighted by Crippen LogP contribution is -2.55. The minimum absolute atomic E-state index is 0.0490. The maximum atomic E-state index is 13.9. The van der Waals surface area contributed by atoms with E-state index in [1.165, 1.54) is 30.4 Å². The first-order chi connectivity index (χ1) is 18.5. The molecule has 0 radical (unpaired) electrons. The predicted octanol–water partition coefficient (Wildman–Crippen LogP) is 6.83. The predicted molar refractivity (Wildman–Crippen MR) is 159 cm³/mol. The molecule has 3 atom stereocenters. The summed E-state index contributed by atoms with van der Waals surface area (Å²) in [5, 5.41) is 9.16. The molecule has 1 aliphatic heterocycles. The number of anilines is 1. The molecular formula is C30H34BrClN4OS. The topological polar surface area (TPSA) is 48.5 Å². The molecule has 2 aromatic heterocycles. The van der Waals surface area contributed by atoms with Crippen LogP contribution in [0.25, 0.3) is 0 Å². The molecule has 2 saturated carbocycles. The van der Waals surface area contributed by atoms with Gasteiger partial charge in [-0.25, -0.2) is 4.98 Å². The Kier molecular flexibility index (Phi) is 7.81. The Morgan fingerprint density at radius 3 is 2.47 bits per heavy atom. The average molecular weight is 614 g/mol. The third kappa shape index (κ3) is 5.40. The summed E-state index contributed by atoms with van der Waals surface area (Å²) in [6.45, 7) is 3.08. The number of hydrogen-bond acceptors (Lipinski definition) is 5. The molecule has 1 amide bonds. The van der Waals surface area contributed by atoms with Gasteiger partial charge in [0, 0.05) is 54.3 Å². The molecule has 3 aliphatic rings. The second-order valence-corrected chi connectivity index (χ2v) is 13.1. The SMILES string of the molecule is O=C([C@H]1CC[C@@H](NC2(c3ccc(Br)cc3)CCC2)C[C@@H]1c1ccsc1)N1CCN(c2ccc(Cl)cn2)CC1. The van der Waals surface area contributed by atoms with Crippen molar-refractivity contribution in [3.8, 4) is 0 Å². The number of pyridine rings is 1. The van der Waals surface area contributed by atoms with Crippen LogP contribution in [0.1, 0.15) is 55.6 Å². The fourth-order valence-corrected chi connectivity index (χ4v) is 7.70. The van der Waals surface area contributed by atoms with Crippen LogP contribution in [-0.4, -0.2) is 48.0 Å². The quantitative estimate of drug-likeness (QED) is 0.331. The Bertz CT molecular complexity index is 1220. The zero-order valence-corrected chi connectivity index (χ0v) is 24.6. The third-order valence-corrected chi connectivity index (χ3v) is 10.3. The highest BCUT2D eigenvalue weighted by Gasteiger charge is 2.44. The molecule has 1 aromatic carbocycles. The highest BCUT2D eigenvalue weighted by atomic mass is 79.9. The number of carbonyl (C=O) groups excluding carboxylic acids is 1. The largest absolute Gasteiger partial charge is 0.353 e. The molecular weight excluding hydrogens is 580 g/mol. The van der Waals surface area contributed by atoms with E-state index in [4.69, 9.17) is 11.6 Å². The first kappa shape index (κ1) is 26.3. The van der Waals surface area contributed by atoms with Crippen molar-refractivity contribution >= 4 is 50.6 Å². The fraction of sp³-hybridized carbons (Fsp3) is 0.467. The van der Waals surface area contributed by atoms with Gasteiger partial charge >= 0.3 is 0 Å². The van der Waals surface area contributed by atoms with Gasteiger partial charge in [-0.1, -0.05) is 39.7 Å². The van der Waals surface area contributed by atoms with Gasteiger partial charge in [0.15, 0.2) is 0 Å². The second-order valence-electron chi connectivity index (χ2n) is 11.0. The number of hydrogen-bond donors (Lipinski definition) is 1. The molecule has 8 heteroatoms. The third-order valence-electron chi connectivity index (χ3n) is 8.85. The molecule has 0 bridgehead atoms. The monoisotopic (exact) mass is 612 g/mol. The molecule has 6 rings (SSSR count). The Balaban J connectivity index is 1.13. The summed E-state index contributed by atoms with van der Waals surface area (Å²) in [4.78, 5) is 22.7. The fourth-order valence-electron chi connectivity index (χ4n) is 6.60. The van der Waals surface area contributed by atoms with Crippen molar-refractivity contribution in [1.29, 1.82) is 0 Å². The van der Waals surface area contributed by atoms with E-state index in [0.717, 1.165) is 55.7 Å². The van der Waals surface area contributed by atoms with Gasteiger partial charge in [-0.3, -0.25) is 4.79 Å². The van der Waals surface area contributed by atoms with Crippen LogP contribution in [0.2, 0.25) is 5.02 Å². The van der Waals surface area contributed by atoms with Crippen molar-refractivity contribution in [3.63, 3.8) is 0 Å². The Hall–Kier alpha value is -1.93. The molecule has 3 fully saturated rings. The van der Waals surface area contributed by atoms with Crippen LogP contribution >= 0.6 is 38.9 Å². The lowest BCUT2D eigenvalue weighted by atomic mass is 9.68. The molecule has 1 saturated heterocycles. The van der Waals surface area contributed by atoms with Crippen molar-refractivity contribution in [2.24, 2.45) is 5.92 Å². The van der Waals surface area contributed by atoms with E-state index in [1.54, 1.807) is 17.5 Å². The second kappa shape index (κ2) is 11.3. The number of carbonyl (C=O) groups is 1. The lowest BCUT2D eigenvalue weighted by Gasteiger charge is -2.48. The van der Waals surface area contributed by atoms with Crippen molar-refractivity contribution in [2.45, 2.75) is 56.0 Å². The molecule has 1 N–H and O–H groups in total. The highest BCUT2D eigenvalue weighted by molar-refractivity contribution is 9.10. The van der Waals surface area contributed by atoms with E-state index >= 15 is 0 Å². The first-order valence-corrected chi connectivity index (χ1v) is 15.8. The van der Waals surface area contributed by atoms with Crippen LogP contribution in [0.4, 0.5) is 5.82 Å². The number of halogens is 2. The number of nitrogens with one attached hydrogen (secondary N) is 1. The molecule has 0 unspecified atom stereocenters. The summed E-state index contributed by atoms with van der Waals surface area (Å²) in [5.74, 6) is 1.57. The molecule has 0 spiro atoms. The van der Waals surface area contributed by atoms with Crippen LogP contribution in [0.3, 0.4) is 0 Å². The van der Waals surface area contributed by atoms with Gasteiger partial charge in [-0.15, -0.1) is 0 Å². The number of benzene rings is 1. The van der Waals surface area contributed by atoms with E-state index < -0.39 is 0 Å². The van der Waals surface area contributed by atoms with Crippen molar-refractivity contribution in [2.75, 3.05) is 31.1 Å². The summed E-state index contributed by atoms with van der Waals surface area (Å²) in [6, 6.07) is 15.3. The minimum Gasteiger partial charge on any atom is -0.353 e. The zero-order valence-electron chi connectivity index (χ0n) is 21.5. The Morgan fingerprint density at radius 2 is 1.84 bits per heavy atom. The van der Waals surface area contributed by atoms with Crippen molar-refractivity contribution < 1.29 is 4.79 Å². The van der Waals surface area contributed by atoms with Crippen LogP contribution in [0.5, 0.6) is 0 Å². The van der Waals surface area contributed by atoms with Gasteiger partial charge in [0.25, 0.3) is 0 Å². The maximum absolute atomic E-state index is 13.9. The van der Waals surface area contributed by atoms with E-state index in [-0.39, 0.29) is 17.4 Å². The van der Waals surface area contributed by atoms with Crippen LogP contribution in [0.15, 0.2) is 63.9 Å². The van der Waals surface area contributed by atoms with Crippen LogP contribution in [0, 0.1) is 5.92 Å². The summed E-state index contributed by atoms with van der Waals surface area (Å²) >= 11 is 11.3. The Labute approximate surface area is 242 Å². The van der Waals surface area contributed by atoms with E-state index in [9.17, 15) is 4.79 Å². The first-order valence-electron chi connectivity index (χ1n) is 13.7. The number of aromatic nitrogens is 1. The molecule has 2 aliphatic carbocycles. The van der Waals surface area contributed by atoms with E-state index in [1.807, 2.05) is 12.1 Å². The molecule has 5 nitrogen and oxygen atoms in total. The Morgan fingerprint density at radius 1 is 1.05 bits per heavy atom. The standard InChI is InChI=1S/C30H34BrClN4OS/c31-23-4-2-22(3-5-23)30(11-1-12-30)34-25-7-8-26(27(18-25)21-10-17-38-20-21)29(37)36-15-13-35(14-16-36)28-9-6-24(32)19-33-28/h2-6,9-10,17,19-20,25-27,34H,1,7-8,11-16,18H2/t25-,26+,27-/m1/s1. The average Bonchev–Trinajstić information content (AvgIpc) is 3.47. The summed E-state index contributed by atoms with van der Waals surface area (Å²) < 4.78 is 1.12. The minimum atomic E-state index is 0.0490. The zero-order chi connectivity index (χ0) is 26.1. The highest BCUT2D eigenvalue weighted by Crippen LogP contribution is 2.46. The summed E-state index contributed by atoms with van der Waals surface area (Å²) in [6.07, 6.45) is 8.32. The van der Waals surface area contributed by atoms with Gasteiger partial charge in [-0.05, 0) is 96.7 Å². The van der Waals surface area contributed by atoms with Gasteiger partial charge in [0.05, 0.1) is 5.02 Å². The summed E-state index contributed by atoms with van der Waals surface area (Å²) in [7, 11) is 0. The number of rotatable bonds is 6. The number of nitrogens with zero attached hydrogens (tertiary/aromatic N) is 3. The number of amides is 1. The van der Waals surface area contributed by atoms with Crippen LogP contribution in [-0.2, 0) is 10.3 Å². The smallest absolute Gasteiger partial charge is 0.226 e. The van der Waals surface area contributed by atoms with Gasteiger partial charge in [0.2, 0.25) is 5.91 Å². The maximum Gasteiger partial charge on any atom is 0.226 e.